The highest BCUT2D eigenvalue weighted by molar-refractivity contribution is 5.71. The molecule has 0 amide bonds. The maximum atomic E-state index is 12.7. The quantitative estimate of drug-likeness (QED) is 0.703. The van der Waals surface area contributed by atoms with Crippen LogP contribution >= 0.6 is 0 Å². The van der Waals surface area contributed by atoms with Crippen molar-refractivity contribution in [2.45, 2.75) is 25.4 Å². The van der Waals surface area contributed by atoms with Gasteiger partial charge in [-0.1, -0.05) is 0 Å². The van der Waals surface area contributed by atoms with Crippen molar-refractivity contribution in [2.24, 2.45) is 5.92 Å². The Balaban J connectivity index is 2.24. The molecule has 0 saturated carbocycles. The predicted molar refractivity (Wildman–Crippen MR) is 40.7 cm³/mol. The SMILES string of the molecule is O=C(O)[C@@H](F)C[C@@H]1CCCOC1. The predicted octanol–water partition coefficient (Wildman–Crippen LogP) is 1.23. The molecule has 2 atom stereocenters. The Hall–Kier alpha value is -0.640. The van der Waals surface area contributed by atoms with Crippen molar-refractivity contribution in [3.05, 3.63) is 0 Å². The zero-order chi connectivity index (χ0) is 8.97. The van der Waals surface area contributed by atoms with Crippen LogP contribution in [0.25, 0.3) is 0 Å². The number of carboxylic acids is 1. The van der Waals surface area contributed by atoms with Gasteiger partial charge in [-0.15, -0.1) is 0 Å². The van der Waals surface area contributed by atoms with Crippen molar-refractivity contribution >= 4 is 5.97 Å². The molecule has 1 aliphatic heterocycles. The summed E-state index contributed by atoms with van der Waals surface area (Å²) in [4.78, 5) is 10.2. The molecule has 1 aliphatic rings. The maximum Gasteiger partial charge on any atom is 0.338 e. The summed E-state index contributed by atoms with van der Waals surface area (Å²) in [5, 5.41) is 8.30. The smallest absolute Gasteiger partial charge is 0.338 e. The summed E-state index contributed by atoms with van der Waals surface area (Å²) in [7, 11) is 0. The van der Waals surface area contributed by atoms with Gasteiger partial charge < -0.3 is 9.84 Å². The van der Waals surface area contributed by atoms with Gasteiger partial charge >= 0.3 is 5.97 Å². The molecule has 4 heteroatoms. The van der Waals surface area contributed by atoms with Crippen LogP contribution in [-0.4, -0.2) is 30.5 Å². The topological polar surface area (TPSA) is 46.5 Å². The minimum absolute atomic E-state index is 0.0878. The first-order valence-corrected chi connectivity index (χ1v) is 4.14. The summed E-state index contributed by atoms with van der Waals surface area (Å²) >= 11 is 0. The van der Waals surface area contributed by atoms with E-state index in [2.05, 4.69) is 0 Å². The Morgan fingerprint density at radius 2 is 2.50 bits per heavy atom. The number of rotatable bonds is 3. The summed E-state index contributed by atoms with van der Waals surface area (Å²) < 4.78 is 17.8. The molecule has 0 unspecified atom stereocenters. The average Bonchev–Trinajstić information content (AvgIpc) is 2.06. The first-order chi connectivity index (χ1) is 5.70. The molecule has 1 fully saturated rings. The van der Waals surface area contributed by atoms with E-state index in [1.807, 2.05) is 0 Å². The van der Waals surface area contributed by atoms with E-state index in [-0.39, 0.29) is 12.3 Å². The lowest BCUT2D eigenvalue weighted by molar-refractivity contribution is -0.143. The van der Waals surface area contributed by atoms with E-state index in [0.29, 0.717) is 6.61 Å². The van der Waals surface area contributed by atoms with Crippen molar-refractivity contribution in [3.8, 4) is 0 Å². The average molecular weight is 176 g/mol. The van der Waals surface area contributed by atoms with Gasteiger partial charge in [-0.2, -0.15) is 0 Å². The van der Waals surface area contributed by atoms with E-state index in [9.17, 15) is 9.18 Å². The highest BCUT2D eigenvalue weighted by Crippen LogP contribution is 2.19. The van der Waals surface area contributed by atoms with Crippen LogP contribution in [0, 0.1) is 5.92 Å². The van der Waals surface area contributed by atoms with Crippen LogP contribution in [-0.2, 0) is 9.53 Å². The molecular formula is C8H13FO3. The summed E-state index contributed by atoms with van der Waals surface area (Å²) in [6.07, 6.45) is 0.164. The van der Waals surface area contributed by atoms with E-state index in [0.717, 1.165) is 19.4 Å². The standard InChI is InChI=1S/C8H13FO3/c9-7(8(10)11)4-6-2-1-3-12-5-6/h6-7H,1-5H2,(H,10,11)/t6-,7-/m0/s1. The molecule has 0 radical (unpaired) electrons. The Labute approximate surface area is 70.5 Å². The maximum absolute atomic E-state index is 12.7. The first-order valence-electron chi connectivity index (χ1n) is 4.14. The third-order valence-electron chi connectivity index (χ3n) is 2.06. The van der Waals surface area contributed by atoms with Crippen molar-refractivity contribution in [3.63, 3.8) is 0 Å². The zero-order valence-corrected chi connectivity index (χ0v) is 6.83. The van der Waals surface area contributed by atoms with Crippen LogP contribution in [0.15, 0.2) is 0 Å². The fourth-order valence-electron chi connectivity index (χ4n) is 1.39. The molecule has 1 rings (SSSR count). The van der Waals surface area contributed by atoms with Crippen LogP contribution in [0.1, 0.15) is 19.3 Å². The lowest BCUT2D eigenvalue weighted by Crippen LogP contribution is -2.24. The number of alkyl halides is 1. The summed E-state index contributed by atoms with van der Waals surface area (Å²) in [5.41, 5.74) is 0. The fraction of sp³-hybridized carbons (Fsp3) is 0.875. The molecule has 3 nitrogen and oxygen atoms in total. The zero-order valence-electron chi connectivity index (χ0n) is 6.83. The Morgan fingerprint density at radius 3 is 3.00 bits per heavy atom. The third kappa shape index (κ3) is 2.77. The van der Waals surface area contributed by atoms with Gasteiger partial charge in [-0.05, 0) is 25.2 Å². The number of aliphatic carboxylic acids is 1. The molecule has 1 heterocycles. The van der Waals surface area contributed by atoms with Gasteiger partial charge in [-0.25, -0.2) is 9.18 Å². The first kappa shape index (κ1) is 9.45. The fourth-order valence-corrected chi connectivity index (χ4v) is 1.39. The van der Waals surface area contributed by atoms with E-state index in [1.54, 1.807) is 0 Å². The normalized spacial score (nSPS) is 26.6. The lowest BCUT2D eigenvalue weighted by Gasteiger charge is -2.22. The largest absolute Gasteiger partial charge is 0.479 e. The van der Waals surface area contributed by atoms with Crippen molar-refractivity contribution in [1.82, 2.24) is 0 Å². The molecule has 1 N–H and O–H groups in total. The second-order valence-electron chi connectivity index (χ2n) is 3.12. The lowest BCUT2D eigenvalue weighted by atomic mass is 9.96. The second-order valence-corrected chi connectivity index (χ2v) is 3.12. The van der Waals surface area contributed by atoms with E-state index < -0.39 is 12.1 Å². The van der Waals surface area contributed by atoms with E-state index in [1.165, 1.54) is 0 Å². The van der Waals surface area contributed by atoms with Crippen LogP contribution in [0.3, 0.4) is 0 Å². The van der Waals surface area contributed by atoms with E-state index >= 15 is 0 Å². The number of hydrogen-bond donors (Lipinski definition) is 1. The summed E-state index contributed by atoms with van der Waals surface area (Å²) in [6.45, 7) is 1.23. The van der Waals surface area contributed by atoms with Crippen molar-refractivity contribution in [2.75, 3.05) is 13.2 Å². The molecule has 0 bridgehead atoms. The molecule has 12 heavy (non-hydrogen) atoms. The van der Waals surface area contributed by atoms with Crippen LogP contribution in [0.4, 0.5) is 4.39 Å². The Bertz CT molecular complexity index is 154. The van der Waals surface area contributed by atoms with Crippen molar-refractivity contribution < 1.29 is 19.0 Å². The van der Waals surface area contributed by atoms with Gasteiger partial charge in [0.1, 0.15) is 0 Å². The van der Waals surface area contributed by atoms with Gasteiger partial charge in [0.15, 0.2) is 6.17 Å². The molecule has 0 aliphatic carbocycles. The van der Waals surface area contributed by atoms with Gasteiger partial charge in [0.2, 0.25) is 0 Å². The molecule has 0 aromatic rings. The Morgan fingerprint density at radius 1 is 1.75 bits per heavy atom. The van der Waals surface area contributed by atoms with Gasteiger partial charge in [0.25, 0.3) is 0 Å². The Kier molecular flexibility index (Phi) is 3.47. The third-order valence-corrected chi connectivity index (χ3v) is 2.06. The van der Waals surface area contributed by atoms with Crippen LogP contribution in [0.5, 0.6) is 0 Å². The number of hydrogen-bond acceptors (Lipinski definition) is 2. The number of ether oxygens (including phenoxy) is 1. The van der Waals surface area contributed by atoms with Gasteiger partial charge in [-0.3, -0.25) is 0 Å². The molecule has 0 spiro atoms. The molecule has 1 saturated heterocycles. The minimum atomic E-state index is -1.73. The highest BCUT2D eigenvalue weighted by Gasteiger charge is 2.23. The number of halogens is 1. The van der Waals surface area contributed by atoms with Gasteiger partial charge in [0, 0.05) is 13.2 Å². The molecule has 0 aromatic heterocycles. The molecular weight excluding hydrogens is 163 g/mol. The summed E-state index contributed by atoms with van der Waals surface area (Å²) in [6, 6.07) is 0. The number of carbonyl (C=O) groups is 1. The van der Waals surface area contributed by atoms with Crippen molar-refractivity contribution in [1.29, 1.82) is 0 Å². The second kappa shape index (κ2) is 4.40. The number of carboxylic acid groups (broad SMARTS) is 1. The van der Waals surface area contributed by atoms with Gasteiger partial charge in [0.05, 0.1) is 0 Å². The molecule has 70 valence electrons. The molecule has 0 aromatic carbocycles. The van der Waals surface area contributed by atoms with Crippen LogP contribution < -0.4 is 0 Å². The monoisotopic (exact) mass is 176 g/mol. The van der Waals surface area contributed by atoms with E-state index in [4.69, 9.17) is 9.84 Å². The van der Waals surface area contributed by atoms with Crippen LogP contribution in [0.2, 0.25) is 0 Å². The highest BCUT2D eigenvalue weighted by atomic mass is 19.1. The summed E-state index contributed by atoms with van der Waals surface area (Å²) in [5.74, 6) is -1.27. The minimum Gasteiger partial charge on any atom is -0.479 e.